The molecule has 1 aromatic heterocycles. The Morgan fingerprint density at radius 3 is 2.62 bits per heavy atom. The number of ketones is 1. The SMILES string of the molecule is Cc1ccc(-n2cc(C(=O)c3ccccc3)nn2)c(O)c1. The summed E-state index contributed by atoms with van der Waals surface area (Å²) in [7, 11) is 0. The Hall–Kier alpha value is -2.95. The van der Waals surface area contributed by atoms with Crippen LogP contribution in [0, 0.1) is 6.92 Å². The number of hydrogen-bond acceptors (Lipinski definition) is 4. The maximum absolute atomic E-state index is 12.3. The second-order valence-electron chi connectivity index (χ2n) is 4.74. The Balaban J connectivity index is 1.95. The summed E-state index contributed by atoms with van der Waals surface area (Å²) in [5, 5.41) is 17.7. The molecule has 0 spiro atoms. The molecule has 0 unspecified atom stereocenters. The van der Waals surface area contributed by atoms with E-state index >= 15 is 0 Å². The van der Waals surface area contributed by atoms with E-state index in [1.165, 1.54) is 10.9 Å². The smallest absolute Gasteiger partial charge is 0.214 e. The van der Waals surface area contributed by atoms with Crippen LogP contribution < -0.4 is 0 Å². The molecule has 0 saturated carbocycles. The molecule has 21 heavy (non-hydrogen) atoms. The highest BCUT2D eigenvalue weighted by atomic mass is 16.3. The molecular weight excluding hydrogens is 266 g/mol. The molecule has 0 saturated heterocycles. The number of nitrogens with zero attached hydrogens (tertiary/aromatic N) is 3. The molecule has 5 heteroatoms. The Kier molecular flexibility index (Phi) is 3.23. The van der Waals surface area contributed by atoms with Crippen molar-refractivity contribution in [1.29, 1.82) is 0 Å². The molecule has 2 aromatic carbocycles. The molecule has 0 atom stereocenters. The third-order valence-corrected chi connectivity index (χ3v) is 3.14. The molecule has 3 rings (SSSR count). The molecule has 5 nitrogen and oxygen atoms in total. The van der Waals surface area contributed by atoms with Gasteiger partial charge in [0.2, 0.25) is 5.78 Å². The Labute approximate surface area is 121 Å². The molecule has 0 aliphatic rings. The zero-order chi connectivity index (χ0) is 14.8. The number of rotatable bonds is 3. The zero-order valence-electron chi connectivity index (χ0n) is 11.4. The van der Waals surface area contributed by atoms with Gasteiger partial charge >= 0.3 is 0 Å². The monoisotopic (exact) mass is 279 g/mol. The number of carbonyl (C=O) groups excluding carboxylic acids is 1. The Morgan fingerprint density at radius 1 is 1.14 bits per heavy atom. The molecule has 0 aliphatic carbocycles. The number of aryl methyl sites for hydroxylation is 1. The molecule has 1 N–H and O–H groups in total. The number of carbonyl (C=O) groups is 1. The highest BCUT2D eigenvalue weighted by Crippen LogP contribution is 2.22. The lowest BCUT2D eigenvalue weighted by atomic mass is 10.1. The average molecular weight is 279 g/mol. The van der Waals surface area contributed by atoms with Crippen molar-refractivity contribution in [3.8, 4) is 11.4 Å². The summed E-state index contributed by atoms with van der Waals surface area (Å²) in [5.41, 5.74) is 2.22. The Bertz CT molecular complexity index is 794. The van der Waals surface area contributed by atoms with E-state index in [-0.39, 0.29) is 17.2 Å². The van der Waals surface area contributed by atoms with Crippen LogP contribution in [0.4, 0.5) is 0 Å². The minimum absolute atomic E-state index is 0.0959. The fraction of sp³-hybridized carbons (Fsp3) is 0.0625. The maximum Gasteiger partial charge on any atom is 0.214 e. The lowest BCUT2D eigenvalue weighted by molar-refractivity contribution is 0.103. The quantitative estimate of drug-likeness (QED) is 0.748. The normalized spacial score (nSPS) is 10.5. The Morgan fingerprint density at radius 2 is 1.90 bits per heavy atom. The van der Waals surface area contributed by atoms with Gasteiger partial charge in [-0.25, -0.2) is 4.68 Å². The number of phenols is 1. The van der Waals surface area contributed by atoms with Gasteiger partial charge in [0.05, 0.1) is 6.20 Å². The summed E-state index contributed by atoms with van der Waals surface area (Å²) in [6.07, 6.45) is 1.51. The van der Waals surface area contributed by atoms with E-state index in [0.717, 1.165) is 5.56 Å². The minimum atomic E-state index is -0.201. The van der Waals surface area contributed by atoms with Crippen LogP contribution in [-0.4, -0.2) is 25.9 Å². The molecule has 1 heterocycles. The van der Waals surface area contributed by atoms with Crippen molar-refractivity contribution >= 4 is 5.78 Å². The predicted molar refractivity (Wildman–Crippen MR) is 77.6 cm³/mol. The van der Waals surface area contributed by atoms with E-state index in [4.69, 9.17) is 0 Å². The standard InChI is InChI=1S/C16H13N3O2/c1-11-7-8-14(15(20)9-11)19-10-13(17-18-19)16(21)12-5-3-2-4-6-12/h2-10,20H,1H3. The van der Waals surface area contributed by atoms with Crippen molar-refractivity contribution in [1.82, 2.24) is 15.0 Å². The van der Waals surface area contributed by atoms with Gasteiger partial charge in [0.25, 0.3) is 0 Å². The number of aromatic hydroxyl groups is 1. The highest BCUT2D eigenvalue weighted by Gasteiger charge is 2.14. The van der Waals surface area contributed by atoms with Crippen molar-refractivity contribution in [2.75, 3.05) is 0 Å². The second kappa shape index (κ2) is 5.20. The summed E-state index contributed by atoms with van der Waals surface area (Å²) in [4.78, 5) is 12.3. The molecular formula is C16H13N3O2. The van der Waals surface area contributed by atoms with Crippen LogP contribution >= 0.6 is 0 Å². The van der Waals surface area contributed by atoms with E-state index < -0.39 is 0 Å². The fourth-order valence-corrected chi connectivity index (χ4v) is 2.05. The topological polar surface area (TPSA) is 68.0 Å². The first-order chi connectivity index (χ1) is 10.1. The maximum atomic E-state index is 12.3. The first kappa shape index (κ1) is 13.1. The van der Waals surface area contributed by atoms with Gasteiger partial charge in [-0.1, -0.05) is 41.6 Å². The van der Waals surface area contributed by atoms with Crippen LogP contribution in [0.1, 0.15) is 21.6 Å². The van der Waals surface area contributed by atoms with Crippen LogP contribution in [0.2, 0.25) is 0 Å². The molecule has 3 aromatic rings. The first-order valence-corrected chi connectivity index (χ1v) is 6.47. The van der Waals surface area contributed by atoms with Crippen LogP contribution in [-0.2, 0) is 0 Å². The number of phenolic OH excluding ortho intramolecular Hbond substituents is 1. The van der Waals surface area contributed by atoms with Crippen LogP contribution in [0.15, 0.2) is 54.7 Å². The average Bonchev–Trinajstić information content (AvgIpc) is 2.97. The van der Waals surface area contributed by atoms with Gasteiger partial charge in [-0.15, -0.1) is 5.10 Å². The molecule has 0 bridgehead atoms. The number of hydrogen-bond donors (Lipinski definition) is 1. The predicted octanol–water partition coefficient (Wildman–Crippen LogP) is 2.51. The van der Waals surface area contributed by atoms with Crippen molar-refractivity contribution in [2.24, 2.45) is 0 Å². The minimum Gasteiger partial charge on any atom is -0.506 e. The summed E-state index contributed by atoms with van der Waals surface area (Å²) < 4.78 is 1.39. The van der Waals surface area contributed by atoms with E-state index in [0.29, 0.717) is 11.3 Å². The van der Waals surface area contributed by atoms with Crippen LogP contribution in [0.25, 0.3) is 5.69 Å². The van der Waals surface area contributed by atoms with Gasteiger partial charge in [0.15, 0.2) is 5.69 Å². The molecule has 104 valence electrons. The van der Waals surface area contributed by atoms with Crippen molar-refractivity contribution in [3.63, 3.8) is 0 Å². The van der Waals surface area contributed by atoms with Crippen molar-refractivity contribution in [2.45, 2.75) is 6.92 Å². The highest BCUT2D eigenvalue weighted by molar-refractivity contribution is 6.07. The summed E-state index contributed by atoms with van der Waals surface area (Å²) in [6.45, 7) is 1.88. The fourth-order valence-electron chi connectivity index (χ4n) is 2.05. The molecule has 0 fully saturated rings. The van der Waals surface area contributed by atoms with Crippen LogP contribution in [0.5, 0.6) is 5.75 Å². The summed E-state index contributed by atoms with van der Waals surface area (Å²) in [6, 6.07) is 14.1. The summed E-state index contributed by atoms with van der Waals surface area (Å²) in [5.74, 6) is -0.105. The number of benzene rings is 2. The lowest BCUT2D eigenvalue weighted by Crippen LogP contribution is -2.01. The molecule has 0 amide bonds. The van der Waals surface area contributed by atoms with E-state index in [2.05, 4.69) is 10.3 Å². The van der Waals surface area contributed by atoms with Gasteiger partial charge in [0.1, 0.15) is 11.4 Å². The van der Waals surface area contributed by atoms with E-state index in [1.807, 2.05) is 19.1 Å². The summed E-state index contributed by atoms with van der Waals surface area (Å²) >= 11 is 0. The van der Waals surface area contributed by atoms with Gasteiger partial charge in [-0.3, -0.25) is 4.79 Å². The van der Waals surface area contributed by atoms with Gasteiger partial charge in [0, 0.05) is 5.56 Å². The van der Waals surface area contributed by atoms with Gasteiger partial charge < -0.3 is 5.11 Å². The third-order valence-electron chi connectivity index (χ3n) is 3.14. The van der Waals surface area contributed by atoms with Crippen molar-refractivity contribution < 1.29 is 9.90 Å². The molecule has 0 radical (unpaired) electrons. The van der Waals surface area contributed by atoms with Crippen molar-refractivity contribution in [3.05, 3.63) is 71.5 Å². The largest absolute Gasteiger partial charge is 0.506 e. The zero-order valence-corrected chi connectivity index (χ0v) is 11.4. The van der Waals surface area contributed by atoms with Gasteiger partial charge in [-0.2, -0.15) is 0 Å². The molecule has 0 aliphatic heterocycles. The second-order valence-corrected chi connectivity index (χ2v) is 4.74. The first-order valence-electron chi connectivity index (χ1n) is 6.47. The van der Waals surface area contributed by atoms with E-state index in [1.54, 1.807) is 36.4 Å². The third kappa shape index (κ3) is 2.53. The lowest BCUT2D eigenvalue weighted by Gasteiger charge is -2.03. The number of aromatic nitrogens is 3. The van der Waals surface area contributed by atoms with E-state index in [9.17, 15) is 9.90 Å². The van der Waals surface area contributed by atoms with Crippen LogP contribution in [0.3, 0.4) is 0 Å². The van der Waals surface area contributed by atoms with Gasteiger partial charge in [-0.05, 0) is 24.6 Å².